The first-order valence-corrected chi connectivity index (χ1v) is 5.88. The minimum Gasteiger partial charge on any atom is -0.383 e. The highest BCUT2D eigenvalue weighted by molar-refractivity contribution is 5.46. The van der Waals surface area contributed by atoms with Crippen molar-refractivity contribution in [1.29, 1.82) is 0 Å². The van der Waals surface area contributed by atoms with E-state index in [1.165, 1.54) is 0 Å². The van der Waals surface area contributed by atoms with Gasteiger partial charge in [-0.2, -0.15) is 10.1 Å². The molecular formula is C12H16N4O2. The van der Waals surface area contributed by atoms with Crippen molar-refractivity contribution in [2.75, 3.05) is 0 Å². The Morgan fingerprint density at radius 2 is 2.06 bits per heavy atom. The predicted molar refractivity (Wildman–Crippen MR) is 64.5 cm³/mol. The van der Waals surface area contributed by atoms with Crippen LogP contribution in [0.15, 0.2) is 16.7 Å². The van der Waals surface area contributed by atoms with E-state index < -0.39 is 6.10 Å². The highest BCUT2D eigenvalue weighted by atomic mass is 16.5. The number of aliphatic hydroxyl groups is 1. The van der Waals surface area contributed by atoms with E-state index >= 15 is 0 Å². The summed E-state index contributed by atoms with van der Waals surface area (Å²) in [5.41, 5.74) is 1.36. The summed E-state index contributed by atoms with van der Waals surface area (Å²) in [6, 6.07) is 3.59. The number of rotatable bonds is 4. The van der Waals surface area contributed by atoms with Crippen LogP contribution in [0, 0.1) is 12.8 Å². The highest BCUT2D eigenvalue weighted by Crippen LogP contribution is 2.21. The van der Waals surface area contributed by atoms with Crippen LogP contribution in [0.4, 0.5) is 0 Å². The third kappa shape index (κ3) is 2.89. The van der Waals surface area contributed by atoms with Crippen LogP contribution in [0.5, 0.6) is 0 Å². The molecule has 0 aliphatic heterocycles. The molecule has 0 spiro atoms. The van der Waals surface area contributed by atoms with Gasteiger partial charge in [0.25, 0.3) is 5.89 Å². The minimum atomic E-state index is -0.732. The molecule has 2 aromatic heterocycles. The summed E-state index contributed by atoms with van der Waals surface area (Å²) in [6.07, 6.45) is -0.147. The van der Waals surface area contributed by atoms with Gasteiger partial charge in [0.2, 0.25) is 5.82 Å². The normalized spacial score (nSPS) is 12.9. The van der Waals surface area contributed by atoms with Crippen molar-refractivity contribution < 1.29 is 9.63 Å². The molecule has 0 saturated carbocycles. The lowest BCUT2D eigenvalue weighted by molar-refractivity contribution is 0.111. The summed E-state index contributed by atoms with van der Waals surface area (Å²) in [7, 11) is 0. The first-order valence-electron chi connectivity index (χ1n) is 5.88. The molecule has 0 radical (unpaired) electrons. The fourth-order valence-electron chi connectivity index (χ4n) is 1.54. The minimum absolute atomic E-state index is 0.223. The molecule has 6 heteroatoms. The molecular weight excluding hydrogens is 232 g/mol. The first-order chi connectivity index (χ1) is 8.56. The molecule has 0 unspecified atom stereocenters. The second-order valence-corrected chi connectivity index (χ2v) is 4.66. The Hall–Kier alpha value is -1.82. The second kappa shape index (κ2) is 5.22. The Labute approximate surface area is 105 Å². The first kappa shape index (κ1) is 12.6. The van der Waals surface area contributed by atoms with Crippen LogP contribution in [-0.4, -0.2) is 25.4 Å². The number of hydrogen-bond acceptors (Lipinski definition) is 6. The van der Waals surface area contributed by atoms with Gasteiger partial charge in [0.15, 0.2) is 0 Å². The van der Waals surface area contributed by atoms with E-state index in [1.807, 2.05) is 26.8 Å². The van der Waals surface area contributed by atoms with Crippen LogP contribution < -0.4 is 0 Å². The lowest BCUT2D eigenvalue weighted by Crippen LogP contribution is -2.02. The average molecular weight is 248 g/mol. The Balaban J connectivity index is 2.17. The van der Waals surface area contributed by atoms with Crippen molar-refractivity contribution in [3.63, 3.8) is 0 Å². The topological polar surface area (TPSA) is 84.9 Å². The van der Waals surface area contributed by atoms with E-state index in [4.69, 9.17) is 4.52 Å². The van der Waals surface area contributed by atoms with Crippen LogP contribution in [0.3, 0.4) is 0 Å². The maximum Gasteiger partial charge on any atom is 0.255 e. The van der Waals surface area contributed by atoms with Crippen molar-refractivity contribution >= 4 is 0 Å². The zero-order chi connectivity index (χ0) is 13.1. The highest BCUT2D eigenvalue weighted by Gasteiger charge is 2.18. The maximum absolute atomic E-state index is 9.86. The van der Waals surface area contributed by atoms with E-state index in [-0.39, 0.29) is 5.89 Å². The molecule has 96 valence electrons. The Bertz CT molecular complexity index is 507. The van der Waals surface area contributed by atoms with Crippen LogP contribution in [0.1, 0.15) is 38.0 Å². The molecule has 0 saturated heterocycles. The van der Waals surface area contributed by atoms with Gasteiger partial charge in [-0.05, 0) is 31.4 Å². The fourth-order valence-corrected chi connectivity index (χ4v) is 1.54. The zero-order valence-electron chi connectivity index (χ0n) is 10.7. The maximum atomic E-state index is 9.86. The molecule has 0 aliphatic rings. The Morgan fingerprint density at radius 3 is 2.67 bits per heavy atom. The van der Waals surface area contributed by atoms with Crippen molar-refractivity contribution in [2.45, 2.75) is 33.3 Å². The van der Waals surface area contributed by atoms with Crippen molar-refractivity contribution in [3.05, 3.63) is 23.7 Å². The number of aromatic nitrogens is 4. The smallest absolute Gasteiger partial charge is 0.255 e. The van der Waals surface area contributed by atoms with Crippen molar-refractivity contribution in [2.24, 2.45) is 5.92 Å². The van der Waals surface area contributed by atoms with E-state index in [0.717, 1.165) is 5.69 Å². The Kier molecular flexibility index (Phi) is 3.66. The molecule has 18 heavy (non-hydrogen) atoms. The molecule has 6 nitrogen and oxygen atoms in total. The molecule has 0 aliphatic carbocycles. The van der Waals surface area contributed by atoms with Crippen LogP contribution in [0.2, 0.25) is 0 Å². The van der Waals surface area contributed by atoms with Crippen LogP contribution in [0.25, 0.3) is 11.5 Å². The van der Waals surface area contributed by atoms with E-state index in [1.54, 1.807) is 6.07 Å². The predicted octanol–water partition coefficient (Wildman–Crippen LogP) is 1.91. The summed E-state index contributed by atoms with van der Waals surface area (Å²) < 4.78 is 5.03. The van der Waals surface area contributed by atoms with E-state index in [0.29, 0.717) is 23.9 Å². The lowest BCUT2D eigenvalue weighted by atomic mass is 10.1. The third-order valence-corrected chi connectivity index (χ3v) is 2.45. The summed E-state index contributed by atoms with van der Waals surface area (Å²) in [4.78, 5) is 4.13. The van der Waals surface area contributed by atoms with Gasteiger partial charge < -0.3 is 9.63 Å². The van der Waals surface area contributed by atoms with E-state index in [2.05, 4.69) is 20.3 Å². The SMILES string of the molecule is Cc1ccc(-c2noc([C@H](O)CC(C)C)n2)nn1. The fraction of sp³-hybridized carbons (Fsp3) is 0.500. The van der Waals surface area contributed by atoms with Gasteiger partial charge in [0.05, 0.1) is 5.69 Å². The number of aliphatic hydroxyl groups excluding tert-OH is 1. The summed E-state index contributed by atoms with van der Waals surface area (Å²) in [6.45, 7) is 5.89. The van der Waals surface area contributed by atoms with Crippen LogP contribution >= 0.6 is 0 Å². The van der Waals surface area contributed by atoms with Crippen molar-refractivity contribution in [1.82, 2.24) is 20.3 Å². The number of nitrogens with zero attached hydrogens (tertiary/aromatic N) is 4. The van der Waals surface area contributed by atoms with Gasteiger partial charge in [-0.3, -0.25) is 0 Å². The zero-order valence-corrected chi connectivity index (χ0v) is 10.7. The molecule has 2 heterocycles. The monoisotopic (exact) mass is 248 g/mol. The summed E-state index contributed by atoms with van der Waals surface area (Å²) in [5, 5.41) is 21.5. The summed E-state index contributed by atoms with van der Waals surface area (Å²) in [5.74, 6) is 0.927. The van der Waals surface area contributed by atoms with Gasteiger partial charge in [0.1, 0.15) is 11.8 Å². The molecule has 0 fully saturated rings. The largest absolute Gasteiger partial charge is 0.383 e. The van der Waals surface area contributed by atoms with Crippen LogP contribution in [-0.2, 0) is 0 Å². The van der Waals surface area contributed by atoms with Gasteiger partial charge in [-0.25, -0.2) is 0 Å². The van der Waals surface area contributed by atoms with Gasteiger partial charge in [-0.1, -0.05) is 19.0 Å². The number of hydrogen-bond donors (Lipinski definition) is 1. The van der Waals surface area contributed by atoms with Gasteiger partial charge in [-0.15, -0.1) is 5.10 Å². The molecule has 1 N–H and O–H groups in total. The van der Waals surface area contributed by atoms with Gasteiger partial charge in [0, 0.05) is 0 Å². The third-order valence-electron chi connectivity index (χ3n) is 2.45. The Morgan fingerprint density at radius 1 is 1.28 bits per heavy atom. The molecule has 1 atom stereocenters. The average Bonchev–Trinajstić information content (AvgIpc) is 2.78. The van der Waals surface area contributed by atoms with Crippen molar-refractivity contribution in [3.8, 4) is 11.5 Å². The second-order valence-electron chi connectivity index (χ2n) is 4.66. The molecule has 0 aromatic carbocycles. The summed E-state index contributed by atoms with van der Waals surface area (Å²) >= 11 is 0. The van der Waals surface area contributed by atoms with Gasteiger partial charge >= 0.3 is 0 Å². The molecule has 0 amide bonds. The molecule has 2 aromatic rings. The number of aryl methyl sites for hydroxylation is 1. The van der Waals surface area contributed by atoms with E-state index in [9.17, 15) is 5.11 Å². The lowest BCUT2D eigenvalue weighted by Gasteiger charge is -2.07. The standard InChI is InChI=1S/C12H16N4O2/c1-7(2)6-10(17)12-13-11(16-18-12)9-5-4-8(3)14-15-9/h4-5,7,10,17H,6H2,1-3H3/t10-/m1/s1. The molecule has 0 bridgehead atoms. The molecule has 2 rings (SSSR count). The quantitative estimate of drug-likeness (QED) is 0.889.